The Morgan fingerprint density at radius 2 is 2.12 bits per heavy atom. The van der Waals surface area contributed by atoms with E-state index in [1.807, 2.05) is 0 Å². The molecule has 46 valence electrons. The van der Waals surface area contributed by atoms with Gasteiger partial charge in [-0.3, -0.25) is 0 Å². The summed E-state index contributed by atoms with van der Waals surface area (Å²) in [7, 11) is 1.81. The summed E-state index contributed by atoms with van der Waals surface area (Å²) >= 11 is 0. The van der Waals surface area contributed by atoms with E-state index in [0.29, 0.717) is 5.41 Å². The maximum atomic E-state index is 5.09. The third-order valence-corrected chi connectivity index (χ3v) is 2.62. The van der Waals surface area contributed by atoms with Gasteiger partial charge in [-0.1, -0.05) is 0 Å². The third kappa shape index (κ3) is 0.408. The molecular weight excluding hydrogens is 100 g/mol. The van der Waals surface area contributed by atoms with E-state index in [0.717, 1.165) is 12.5 Å². The van der Waals surface area contributed by atoms with Crippen molar-refractivity contribution in [2.45, 2.75) is 19.3 Å². The molecule has 3 aliphatic carbocycles. The van der Waals surface area contributed by atoms with E-state index in [4.69, 9.17) is 4.74 Å². The van der Waals surface area contributed by atoms with Crippen LogP contribution in [0.2, 0.25) is 0 Å². The first-order valence-electron chi connectivity index (χ1n) is 3.34. The summed E-state index contributed by atoms with van der Waals surface area (Å²) in [4.78, 5) is 0. The molecular formula is C7H12O. The van der Waals surface area contributed by atoms with Crippen molar-refractivity contribution in [3.05, 3.63) is 0 Å². The van der Waals surface area contributed by atoms with Crippen LogP contribution in [0.15, 0.2) is 0 Å². The number of methoxy groups -OCH3 is 1. The second-order valence-electron chi connectivity index (χ2n) is 3.41. The van der Waals surface area contributed by atoms with Crippen molar-refractivity contribution >= 4 is 0 Å². The van der Waals surface area contributed by atoms with E-state index in [-0.39, 0.29) is 0 Å². The van der Waals surface area contributed by atoms with Gasteiger partial charge >= 0.3 is 0 Å². The van der Waals surface area contributed by atoms with Crippen molar-refractivity contribution in [1.82, 2.24) is 0 Å². The highest BCUT2D eigenvalue weighted by atomic mass is 16.5. The Kier molecular flexibility index (Phi) is 0.762. The predicted octanol–water partition coefficient (Wildman–Crippen LogP) is 1.43. The molecule has 3 aliphatic rings. The highest BCUT2D eigenvalue weighted by Crippen LogP contribution is 2.64. The Hall–Kier alpha value is -0.0400. The molecule has 1 nitrogen and oxygen atoms in total. The lowest BCUT2D eigenvalue weighted by Crippen LogP contribution is -2.54. The Balaban J connectivity index is 1.87. The van der Waals surface area contributed by atoms with Gasteiger partial charge in [-0.05, 0) is 30.6 Å². The summed E-state index contributed by atoms with van der Waals surface area (Å²) in [5.41, 5.74) is 0.694. The minimum atomic E-state index is 0.694. The zero-order valence-corrected chi connectivity index (χ0v) is 5.31. The fraction of sp³-hybridized carbons (Fsp3) is 1.00. The van der Waals surface area contributed by atoms with E-state index in [1.54, 1.807) is 7.11 Å². The van der Waals surface area contributed by atoms with Gasteiger partial charge in [0.1, 0.15) is 0 Å². The monoisotopic (exact) mass is 112 g/mol. The first kappa shape index (κ1) is 4.80. The van der Waals surface area contributed by atoms with Crippen LogP contribution >= 0.6 is 0 Å². The zero-order valence-electron chi connectivity index (χ0n) is 5.31. The minimum Gasteiger partial charge on any atom is -0.384 e. The van der Waals surface area contributed by atoms with Crippen molar-refractivity contribution in [1.29, 1.82) is 0 Å². The van der Waals surface area contributed by atoms with Crippen molar-refractivity contribution in [3.8, 4) is 0 Å². The second-order valence-corrected chi connectivity index (χ2v) is 3.41. The maximum Gasteiger partial charge on any atom is 0.0518 e. The zero-order chi connectivity index (χ0) is 5.61. The first-order chi connectivity index (χ1) is 3.85. The van der Waals surface area contributed by atoms with Crippen LogP contribution in [-0.4, -0.2) is 13.7 Å². The largest absolute Gasteiger partial charge is 0.384 e. The van der Waals surface area contributed by atoms with Crippen molar-refractivity contribution < 1.29 is 4.74 Å². The van der Waals surface area contributed by atoms with Crippen molar-refractivity contribution in [3.63, 3.8) is 0 Å². The molecule has 0 amide bonds. The van der Waals surface area contributed by atoms with Gasteiger partial charge < -0.3 is 4.74 Å². The topological polar surface area (TPSA) is 9.23 Å². The number of rotatable bonds is 2. The number of ether oxygens (including phenoxy) is 1. The van der Waals surface area contributed by atoms with Gasteiger partial charge in [-0.2, -0.15) is 0 Å². The molecule has 0 saturated heterocycles. The van der Waals surface area contributed by atoms with Gasteiger partial charge in [0.15, 0.2) is 0 Å². The average molecular weight is 112 g/mol. The van der Waals surface area contributed by atoms with Crippen LogP contribution in [0.1, 0.15) is 19.3 Å². The minimum absolute atomic E-state index is 0.694. The van der Waals surface area contributed by atoms with Gasteiger partial charge in [0.2, 0.25) is 0 Å². The second kappa shape index (κ2) is 1.27. The molecule has 0 heterocycles. The Morgan fingerprint density at radius 1 is 1.50 bits per heavy atom. The van der Waals surface area contributed by atoms with Crippen LogP contribution in [-0.2, 0) is 4.74 Å². The van der Waals surface area contributed by atoms with Gasteiger partial charge in [-0.15, -0.1) is 0 Å². The van der Waals surface area contributed by atoms with Gasteiger partial charge in [0.25, 0.3) is 0 Å². The summed E-state index contributed by atoms with van der Waals surface area (Å²) < 4.78 is 5.09. The van der Waals surface area contributed by atoms with Gasteiger partial charge in [0.05, 0.1) is 6.61 Å². The normalized spacial score (nSPS) is 49.9. The van der Waals surface area contributed by atoms with E-state index in [2.05, 4.69) is 0 Å². The molecule has 0 aromatic heterocycles. The average Bonchev–Trinajstić information content (AvgIpc) is 1.50. The molecule has 0 N–H and O–H groups in total. The standard InChI is InChI=1S/C7H12O/c1-8-5-7-2-6(3-7)4-7/h6H,2-5H2,1H3. The lowest BCUT2D eigenvalue weighted by molar-refractivity contribution is -0.146. The highest BCUT2D eigenvalue weighted by Gasteiger charge is 2.56. The molecule has 0 spiro atoms. The molecule has 0 radical (unpaired) electrons. The summed E-state index contributed by atoms with van der Waals surface area (Å²) in [5.74, 6) is 1.10. The van der Waals surface area contributed by atoms with E-state index in [9.17, 15) is 0 Å². The summed E-state index contributed by atoms with van der Waals surface area (Å²) in [5, 5.41) is 0. The molecule has 2 bridgehead atoms. The molecule has 0 unspecified atom stereocenters. The van der Waals surface area contributed by atoms with Gasteiger partial charge in [0, 0.05) is 7.11 Å². The van der Waals surface area contributed by atoms with Crippen molar-refractivity contribution in [2.24, 2.45) is 11.3 Å². The van der Waals surface area contributed by atoms with Crippen LogP contribution < -0.4 is 0 Å². The lowest BCUT2D eigenvalue weighted by atomic mass is 9.45. The van der Waals surface area contributed by atoms with E-state index < -0.39 is 0 Å². The van der Waals surface area contributed by atoms with Crippen LogP contribution in [0, 0.1) is 11.3 Å². The molecule has 3 saturated carbocycles. The molecule has 0 aromatic carbocycles. The Labute approximate surface area is 50.0 Å². The molecule has 0 aromatic rings. The number of hydrogen-bond donors (Lipinski definition) is 0. The summed E-state index contributed by atoms with van der Waals surface area (Å²) in [6, 6.07) is 0. The fourth-order valence-corrected chi connectivity index (χ4v) is 2.14. The molecule has 1 heteroatoms. The maximum absolute atomic E-state index is 5.09. The summed E-state index contributed by atoms with van der Waals surface area (Å²) in [6.45, 7) is 1.02. The molecule has 3 rings (SSSR count). The molecule has 8 heavy (non-hydrogen) atoms. The fourth-order valence-electron chi connectivity index (χ4n) is 2.14. The quantitative estimate of drug-likeness (QED) is 0.525. The van der Waals surface area contributed by atoms with Crippen LogP contribution in [0.5, 0.6) is 0 Å². The lowest BCUT2D eigenvalue weighted by Gasteiger charge is -2.61. The molecule has 3 fully saturated rings. The molecule has 0 atom stereocenters. The number of hydrogen-bond acceptors (Lipinski definition) is 1. The highest BCUT2D eigenvalue weighted by molar-refractivity contribution is 5.06. The van der Waals surface area contributed by atoms with Crippen molar-refractivity contribution in [2.75, 3.05) is 13.7 Å². The van der Waals surface area contributed by atoms with Crippen LogP contribution in [0.3, 0.4) is 0 Å². The van der Waals surface area contributed by atoms with E-state index >= 15 is 0 Å². The first-order valence-corrected chi connectivity index (χ1v) is 3.34. The van der Waals surface area contributed by atoms with Crippen LogP contribution in [0.25, 0.3) is 0 Å². The summed E-state index contributed by atoms with van der Waals surface area (Å²) in [6.07, 6.45) is 4.38. The predicted molar refractivity (Wildman–Crippen MR) is 31.6 cm³/mol. The SMILES string of the molecule is COCC12CC(C1)C2. The Bertz CT molecular complexity index is 91.9. The molecule has 0 aliphatic heterocycles. The van der Waals surface area contributed by atoms with E-state index in [1.165, 1.54) is 19.3 Å². The van der Waals surface area contributed by atoms with Gasteiger partial charge in [-0.25, -0.2) is 0 Å². The Morgan fingerprint density at radius 3 is 2.25 bits per heavy atom. The smallest absolute Gasteiger partial charge is 0.0518 e. The third-order valence-electron chi connectivity index (χ3n) is 2.62. The van der Waals surface area contributed by atoms with Crippen LogP contribution in [0.4, 0.5) is 0 Å².